The Kier molecular flexibility index (Phi) is 6.31. The van der Waals surface area contributed by atoms with Gasteiger partial charge in [0.05, 0.1) is 11.6 Å². The van der Waals surface area contributed by atoms with Gasteiger partial charge in [0.25, 0.3) is 5.91 Å². The molecule has 1 fully saturated rings. The quantitative estimate of drug-likeness (QED) is 0.849. The number of amides is 2. The van der Waals surface area contributed by atoms with E-state index < -0.39 is 5.82 Å². The average molecular weight is 404 g/mol. The topological polar surface area (TPSA) is 52.7 Å². The van der Waals surface area contributed by atoms with Crippen LogP contribution in [-0.2, 0) is 4.79 Å². The summed E-state index contributed by atoms with van der Waals surface area (Å²) in [6.45, 7) is 5.72. The first kappa shape index (κ1) is 20.3. The van der Waals surface area contributed by atoms with E-state index in [0.29, 0.717) is 36.9 Å². The molecule has 1 atom stereocenters. The van der Waals surface area contributed by atoms with Gasteiger partial charge in [0.2, 0.25) is 5.91 Å². The van der Waals surface area contributed by atoms with Crippen LogP contribution >= 0.6 is 11.6 Å². The molecule has 5 nitrogen and oxygen atoms in total. The number of carbonyl (C=O) groups excluding carboxylic acids is 2. The number of piperazine rings is 1. The van der Waals surface area contributed by atoms with Gasteiger partial charge in [-0.2, -0.15) is 0 Å². The first-order valence-electron chi connectivity index (χ1n) is 9.21. The second-order valence-electron chi connectivity index (χ2n) is 6.93. The van der Waals surface area contributed by atoms with Crippen molar-refractivity contribution in [2.75, 3.05) is 31.5 Å². The standard InChI is InChI=1S/C21H23ClFN3O2/c1-14-7-8-16(22)13-19(14)24-20(27)15(2)25-9-11-26(12-10-25)21(28)17-5-3-4-6-18(17)23/h3-8,13,15H,9-12H2,1-2H3,(H,24,27). The van der Waals surface area contributed by atoms with Crippen LogP contribution in [0.4, 0.5) is 10.1 Å². The van der Waals surface area contributed by atoms with E-state index in [2.05, 4.69) is 5.32 Å². The number of anilines is 1. The van der Waals surface area contributed by atoms with Crippen LogP contribution in [-0.4, -0.2) is 53.8 Å². The Labute approximate surface area is 169 Å². The van der Waals surface area contributed by atoms with Crippen LogP contribution < -0.4 is 5.32 Å². The summed E-state index contributed by atoms with van der Waals surface area (Å²) in [5.41, 5.74) is 1.71. The zero-order valence-electron chi connectivity index (χ0n) is 15.9. The highest BCUT2D eigenvalue weighted by molar-refractivity contribution is 6.31. The molecular weight excluding hydrogens is 381 g/mol. The summed E-state index contributed by atoms with van der Waals surface area (Å²) in [6, 6.07) is 11.0. The fourth-order valence-electron chi connectivity index (χ4n) is 3.25. The zero-order chi connectivity index (χ0) is 20.3. The first-order chi connectivity index (χ1) is 13.4. The molecule has 1 N–H and O–H groups in total. The maximum Gasteiger partial charge on any atom is 0.256 e. The molecule has 0 aromatic heterocycles. The molecule has 148 valence electrons. The van der Waals surface area contributed by atoms with Crippen molar-refractivity contribution in [1.29, 1.82) is 0 Å². The molecule has 2 amide bonds. The van der Waals surface area contributed by atoms with Crippen molar-refractivity contribution in [3.05, 3.63) is 64.4 Å². The van der Waals surface area contributed by atoms with Gasteiger partial charge in [-0.3, -0.25) is 14.5 Å². The molecule has 1 unspecified atom stereocenters. The van der Waals surface area contributed by atoms with E-state index in [9.17, 15) is 14.0 Å². The van der Waals surface area contributed by atoms with Crippen molar-refractivity contribution >= 4 is 29.1 Å². The molecule has 1 aliphatic heterocycles. The van der Waals surface area contributed by atoms with Crippen LogP contribution in [0.1, 0.15) is 22.8 Å². The van der Waals surface area contributed by atoms with Crippen molar-refractivity contribution in [2.45, 2.75) is 19.9 Å². The minimum atomic E-state index is -0.514. The van der Waals surface area contributed by atoms with E-state index >= 15 is 0 Å². The van der Waals surface area contributed by atoms with Crippen molar-refractivity contribution < 1.29 is 14.0 Å². The smallest absolute Gasteiger partial charge is 0.256 e. The van der Waals surface area contributed by atoms with Crippen LogP contribution in [0, 0.1) is 12.7 Å². The van der Waals surface area contributed by atoms with Gasteiger partial charge in [0.15, 0.2) is 0 Å². The number of hydrogen-bond donors (Lipinski definition) is 1. The molecule has 28 heavy (non-hydrogen) atoms. The molecule has 1 saturated heterocycles. The minimum absolute atomic E-state index is 0.0816. The number of carbonyl (C=O) groups is 2. The monoisotopic (exact) mass is 403 g/mol. The van der Waals surface area contributed by atoms with Gasteiger partial charge in [-0.05, 0) is 43.7 Å². The highest BCUT2D eigenvalue weighted by Gasteiger charge is 2.28. The Hall–Kier alpha value is -2.44. The number of aryl methyl sites for hydroxylation is 1. The van der Waals surface area contributed by atoms with Crippen molar-refractivity contribution in [1.82, 2.24) is 9.80 Å². The van der Waals surface area contributed by atoms with Crippen molar-refractivity contribution in [2.24, 2.45) is 0 Å². The molecule has 0 spiro atoms. The summed E-state index contributed by atoms with van der Waals surface area (Å²) in [5.74, 6) is -0.955. The van der Waals surface area contributed by atoms with Crippen LogP contribution in [0.15, 0.2) is 42.5 Å². The molecule has 0 saturated carbocycles. The maximum atomic E-state index is 13.9. The van der Waals surface area contributed by atoms with Gasteiger partial charge in [-0.1, -0.05) is 29.8 Å². The number of nitrogens with one attached hydrogen (secondary N) is 1. The summed E-state index contributed by atoms with van der Waals surface area (Å²) in [5, 5.41) is 3.48. The molecule has 0 aliphatic carbocycles. The number of rotatable bonds is 4. The summed E-state index contributed by atoms with van der Waals surface area (Å²) < 4.78 is 13.9. The molecule has 0 radical (unpaired) electrons. The minimum Gasteiger partial charge on any atom is -0.336 e. The molecule has 2 aromatic carbocycles. The van der Waals surface area contributed by atoms with Gasteiger partial charge in [0, 0.05) is 36.9 Å². The predicted octanol–water partition coefficient (Wildman–Crippen LogP) is 3.57. The number of hydrogen-bond acceptors (Lipinski definition) is 3. The third kappa shape index (κ3) is 4.51. The third-order valence-corrected chi connectivity index (χ3v) is 5.33. The summed E-state index contributed by atoms with van der Waals surface area (Å²) in [4.78, 5) is 28.8. The summed E-state index contributed by atoms with van der Waals surface area (Å²) >= 11 is 6.01. The SMILES string of the molecule is Cc1ccc(Cl)cc1NC(=O)C(C)N1CCN(C(=O)c2ccccc2F)CC1. The average Bonchev–Trinajstić information content (AvgIpc) is 2.70. The molecular formula is C21H23ClFN3O2. The van der Waals surface area contributed by atoms with Gasteiger partial charge in [-0.25, -0.2) is 4.39 Å². The normalized spacial score (nSPS) is 15.9. The van der Waals surface area contributed by atoms with Gasteiger partial charge in [-0.15, -0.1) is 0 Å². The Morgan fingerprint density at radius 2 is 1.79 bits per heavy atom. The van der Waals surface area contributed by atoms with Crippen LogP contribution in [0.3, 0.4) is 0 Å². The highest BCUT2D eigenvalue weighted by Crippen LogP contribution is 2.21. The molecule has 0 bridgehead atoms. The lowest BCUT2D eigenvalue weighted by Crippen LogP contribution is -2.54. The second kappa shape index (κ2) is 8.71. The summed E-state index contributed by atoms with van der Waals surface area (Å²) in [6.07, 6.45) is 0. The molecule has 7 heteroatoms. The van der Waals surface area contributed by atoms with Crippen molar-refractivity contribution in [3.8, 4) is 0 Å². The molecule has 2 aromatic rings. The summed E-state index contributed by atoms with van der Waals surface area (Å²) in [7, 11) is 0. The largest absolute Gasteiger partial charge is 0.336 e. The Morgan fingerprint density at radius 1 is 1.11 bits per heavy atom. The number of halogens is 2. The van der Waals surface area contributed by atoms with E-state index in [-0.39, 0.29) is 23.4 Å². The maximum absolute atomic E-state index is 13.9. The third-order valence-electron chi connectivity index (χ3n) is 5.09. The fourth-order valence-corrected chi connectivity index (χ4v) is 3.42. The Morgan fingerprint density at radius 3 is 2.46 bits per heavy atom. The lowest BCUT2D eigenvalue weighted by Gasteiger charge is -2.37. The zero-order valence-corrected chi connectivity index (χ0v) is 16.7. The number of benzene rings is 2. The fraction of sp³-hybridized carbons (Fsp3) is 0.333. The Balaban J connectivity index is 1.58. The van der Waals surface area contributed by atoms with Crippen LogP contribution in [0.25, 0.3) is 0 Å². The van der Waals surface area contributed by atoms with Gasteiger partial charge < -0.3 is 10.2 Å². The molecule has 3 rings (SSSR count). The number of nitrogens with zero attached hydrogens (tertiary/aromatic N) is 2. The second-order valence-corrected chi connectivity index (χ2v) is 7.37. The van der Waals surface area contributed by atoms with E-state index in [1.54, 1.807) is 29.2 Å². The van der Waals surface area contributed by atoms with E-state index in [0.717, 1.165) is 5.56 Å². The Bertz CT molecular complexity index is 882. The highest BCUT2D eigenvalue weighted by atomic mass is 35.5. The van der Waals surface area contributed by atoms with Crippen LogP contribution in [0.2, 0.25) is 5.02 Å². The molecule has 1 heterocycles. The van der Waals surface area contributed by atoms with Crippen molar-refractivity contribution in [3.63, 3.8) is 0 Å². The lowest BCUT2D eigenvalue weighted by atomic mass is 10.1. The van der Waals surface area contributed by atoms with E-state index in [1.807, 2.05) is 24.8 Å². The van der Waals surface area contributed by atoms with Gasteiger partial charge >= 0.3 is 0 Å². The lowest BCUT2D eigenvalue weighted by molar-refractivity contribution is -0.121. The van der Waals surface area contributed by atoms with E-state index in [1.165, 1.54) is 12.1 Å². The predicted molar refractivity (Wildman–Crippen MR) is 108 cm³/mol. The van der Waals surface area contributed by atoms with Gasteiger partial charge in [0.1, 0.15) is 5.82 Å². The van der Waals surface area contributed by atoms with E-state index in [4.69, 9.17) is 11.6 Å². The first-order valence-corrected chi connectivity index (χ1v) is 9.59. The molecule has 1 aliphatic rings. The van der Waals surface area contributed by atoms with Crippen LogP contribution in [0.5, 0.6) is 0 Å².